The van der Waals surface area contributed by atoms with Crippen molar-refractivity contribution < 1.29 is 18.3 Å². The number of pyridine rings is 1. The van der Waals surface area contributed by atoms with Crippen molar-refractivity contribution in [2.24, 2.45) is 0 Å². The van der Waals surface area contributed by atoms with E-state index in [1.165, 1.54) is 16.9 Å². The van der Waals surface area contributed by atoms with Gasteiger partial charge in [0.15, 0.2) is 0 Å². The number of hydrogen-bond donors (Lipinski definition) is 0. The van der Waals surface area contributed by atoms with Crippen LogP contribution in [0.2, 0.25) is 0 Å². The molecule has 0 spiro atoms. The zero-order chi connectivity index (χ0) is 21.1. The molecule has 6 nitrogen and oxygen atoms in total. The number of halogens is 2. The van der Waals surface area contributed by atoms with E-state index >= 15 is 0 Å². The fourth-order valence-electron chi connectivity index (χ4n) is 2.94. The Hall–Kier alpha value is -3.81. The van der Waals surface area contributed by atoms with Crippen LogP contribution in [0.3, 0.4) is 0 Å². The van der Waals surface area contributed by atoms with Crippen LogP contribution in [0, 0.1) is 11.6 Å². The van der Waals surface area contributed by atoms with Crippen LogP contribution < -0.4 is 14.9 Å². The van der Waals surface area contributed by atoms with E-state index in [0.717, 1.165) is 29.1 Å². The summed E-state index contributed by atoms with van der Waals surface area (Å²) in [7, 11) is 0. The summed E-state index contributed by atoms with van der Waals surface area (Å²) in [6, 6.07) is 11.5. The van der Waals surface area contributed by atoms with E-state index in [1.807, 2.05) is 13.0 Å². The molecule has 2 heterocycles. The van der Waals surface area contributed by atoms with Crippen molar-refractivity contribution in [1.29, 1.82) is 0 Å². The summed E-state index contributed by atoms with van der Waals surface area (Å²) in [6.45, 7) is 2.31. The Morgan fingerprint density at radius 1 is 0.967 bits per heavy atom. The van der Waals surface area contributed by atoms with Crippen molar-refractivity contribution in [2.75, 3.05) is 6.61 Å². The first kappa shape index (κ1) is 19.5. The Labute approximate surface area is 170 Å². The Morgan fingerprint density at radius 3 is 2.50 bits per heavy atom. The predicted molar refractivity (Wildman–Crippen MR) is 107 cm³/mol. The van der Waals surface area contributed by atoms with Gasteiger partial charge in [0.1, 0.15) is 35.4 Å². The van der Waals surface area contributed by atoms with Crippen molar-refractivity contribution in [3.63, 3.8) is 0 Å². The molecule has 0 aliphatic heterocycles. The van der Waals surface area contributed by atoms with Crippen LogP contribution in [-0.4, -0.2) is 21.4 Å². The van der Waals surface area contributed by atoms with Crippen molar-refractivity contribution in [1.82, 2.24) is 14.8 Å². The van der Waals surface area contributed by atoms with E-state index in [4.69, 9.17) is 9.47 Å². The first-order valence-corrected chi connectivity index (χ1v) is 9.22. The highest BCUT2D eigenvalue weighted by molar-refractivity contribution is 5.81. The third kappa shape index (κ3) is 4.27. The first-order chi connectivity index (χ1) is 14.5. The number of benzene rings is 2. The Morgan fingerprint density at radius 2 is 1.73 bits per heavy atom. The van der Waals surface area contributed by atoms with E-state index in [1.54, 1.807) is 24.4 Å². The molecule has 30 heavy (non-hydrogen) atoms. The lowest BCUT2D eigenvalue weighted by Crippen LogP contribution is -2.18. The molecule has 0 aliphatic rings. The number of ether oxygens (including phenoxy) is 2. The summed E-state index contributed by atoms with van der Waals surface area (Å²) in [5.41, 5.74) is 0.695. The van der Waals surface area contributed by atoms with E-state index in [9.17, 15) is 13.6 Å². The number of nitrogens with zero attached hydrogens (tertiary/aromatic N) is 3. The van der Waals surface area contributed by atoms with Gasteiger partial charge in [-0.1, -0.05) is 0 Å². The molecule has 4 rings (SSSR count). The first-order valence-electron chi connectivity index (χ1n) is 9.22. The Bertz CT molecular complexity index is 1250. The molecule has 0 amide bonds. The maximum Gasteiger partial charge on any atom is 0.206 e. The fraction of sp³-hybridized carbons (Fsp3) is 0.136. The number of hydrogen-bond acceptors (Lipinski definition) is 5. The summed E-state index contributed by atoms with van der Waals surface area (Å²) in [5.74, 6) is -0.303. The van der Waals surface area contributed by atoms with Crippen molar-refractivity contribution in [3.05, 3.63) is 88.5 Å². The lowest BCUT2D eigenvalue weighted by Gasteiger charge is -2.10. The average molecular weight is 409 g/mol. The van der Waals surface area contributed by atoms with Gasteiger partial charge in [0.25, 0.3) is 0 Å². The van der Waals surface area contributed by atoms with E-state index in [2.05, 4.69) is 10.1 Å². The van der Waals surface area contributed by atoms with E-state index in [-0.39, 0.29) is 23.4 Å². The topological polar surface area (TPSA) is 66.2 Å². The Balaban J connectivity index is 1.58. The monoisotopic (exact) mass is 409 g/mol. The van der Waals surface area contributed by atoms with E-state index in [0.29, 0.717) is 18.1 Å². The maximum atomic E-state index is 13.5. The largest absolute Gasteiger partial charge is 0.492 e. The lowest BCUT2D eigenvalue weighted by atomic mass is 10.2. The Kier molecular flexibility index (Phi) is 5.38. The molecular weight excluding hydrogens is 392 g/mol. The second kappa shape index (κ2) is 8.28. The standard InChI is InChI=1S/C22H17F2N3O3/c1-2-29-19-8-14-7-18(3-4-20(14)25-12-19)30-13-21-22(28)5-6-27(26-21)17-10-15(23)9-16(24)11-17/h3-12H,2,13H2,1H3. The highest BCUT2D eigenvalue weighted by Gasteiger charge is 2.08. The van der Waals surface area contributed by atoms with Crippen molar-refractivity contribution >= 4 is 10.9 Å². The minimum absolute atomic E-state index is 0.100. The molecule has 0 saturated carbocycles. The summed E-state index contributed by atoms with van der Waals surface area (Å²) >= 11 is 0. The van der Waals surface area contributed by atoms with Gasteiger partial charge in [-0.3, -0.25) is 9.78 Å². The van der Waals surface area contributed by atoms with Gasteiger partial charge in [0, 0.05) is 23.7 Å². The highest BCUT2D eigenvalue weighted by atomic mass is 19.1. The van der Waals surface area contributed by atoms with Gasteiger partial charge in [-0.15, -0.1) is 0 Å². The van der Waals surface area contributed by atoms with Crippen LogP contribution in [0.25, 0.3) is 16.6 Å². The maximum absolute atomic E-state index is 13.5. The van der Waals surface area contributed by atoms with Gasteiger partial charge in [0.05, 0.1) is 24.0 Å². The van der Waals surface area contributed by atoms with Crippen LogP contribution in [0.5, 0.6) is 11.5 Å². The molecule has 152 valence electrons. The van der Waals surface area contributed by atoms with Crippen LogP contribution in [0.1, 0.15) is 12.6 Å². The van der Waals surface area contributed by atoms with Gasteiger partial charge >= 0.3 is 0 Å². The number of rotatable bonds is 6. The molecule has 0 unspecified atom stereocenters. The minimum atomic E-state index is -0.737. The van der Waals surface area contributed by atoms with Gasteiger partial charge in [-0.05, 0) is 43.3 Å². The molecule has 0 bridgehead atoms. The van der Waals surface area contributed by atoms with Crippen LogP contribution in [0.15, 0.2) is 65.7 Å². The summed E-state index contributed by atoms with van der Waals surface area (Å²) in [4.78, 5) is 16.5. The molecule has 4 aromatic rings. The molecule has 8 heteroatoms. The fourth-order valence-corrected chi connectivity index (χ4v) is 2.94. The molecule has 2 aromatic heterocycles. The quantitative estimate of drug-likeness (QED) is 0.481. The molecular formula is C22H17F2N3O3. The highest BCUT2D eigenvalue weighted by Crippen LogP contribution is 2.23. The third-order valence-electron chi connectivity index (χ3n) is 4.31. The lowest BCUT2D eigenvalue weighted by molar-refractivity contribution is 0.298. The molecule has 0 radical (unpaired) electrons. The average Bonchev–Trinajstić information content (AvgIpc) is 2.72. The van der Waals surface area contributed by atoms with Gasteiger partial charge in [-0.2, -0.15) is 5.10 Å². The summed E-state index contributed by atoms with van der Waals surface area (Å²) in [6.07, 6.45) is 3.00. The third-order valence-corrected chi connectivity index (χ3v) is 4.31. The second-order valence-electron chi connectivity index (χ2n) is 6.45. The van der Waals surface area contributed by atoms with Crippen LogP contribution >= 0.6 is 0 Å². The van der Waals surface area contributed by atoms with Crippen LogP contribution in [-0.2, 0) is 6.61 Å². The molecule has 2 aromatic carbocycles. The zero-order valence-corrected chi connectivity index (χ0v) is 16.0. The molecule has 0 atom stereocenters. The molecule has 0 N–H and O–H groups in total. The second-order valence-corrected chi connectivity index (χ2v) is 6.45. The number of aromatic nitrogens is 3. The van der Waals surface area contributed by atoms with Crippen molar-refractivity contribution in [2.45, 2.75) is 13.5 Å². The van der Waals surface area contributed by atoms with Crippen LogP contribution in [0.4, 0.5) is 8.78 Å². The zero-order valence-electron chi connectivity index (χ0n) is 16.0. The van der Waals surface area contributed by atoms with Crippen molar-refractivity contribution in [3.8, 4) is 17.2 Å². The number of fused-ring (bicyclic) bond motifs is 1. The normalized spacial score (nSPS) is 10.9. The molecule has 0 fully saturated rings. The van der Waals surface area contributed by atoms with Gasteiger partial charge in [0.2, 0.25) is 5.43 Å². The van der Waals surface area contributed by atoms with Gasteiger partial charge in [-0.25, -0.2) is 13.5 Å². The molecule has 0 saturated heterocycles. The summed E-state index contributed by atoms with van der Waals surface area (Å²) in [5, 5.41) is 4.98. The summed E-state index contributed by atoms with van der Waals surface area (Å²) < 4.78 is 39.4. The molecule has 0 aliphatic carbocycles. The predicted octanol–water partition coefficient (Wildman–Crippen LogP) is 4.04. The smallest absolute Gasteiger partial charge is 0.206 e. The van der Waals surface area contributed by atoms with Gasteiger partial charge < -0.3 is 9.47 Å². The minimum Gasteiger partial charge on any atom is -0.492 e. The van der Waals surface area contributed by atoms with E-state index < -0.39 is 11.6 Å². The SMILES string of the molecule is CCOc1cnc2ccc(OCc3nn(-c4cc(F)cc(F)c4)ccc3=O)cc2c1.